The van der Waals surface area contributed by atoms with E-state index in [0.29, 0.717) is 11.7 Å². The largest absolute Gasteiger partial charge is 0.467 e. The van der Waals surface area contributed by atoms with Gasteiger partial charge in [-0.3, -0.25) is 0 Å². The average molecular weight is 260 g/mol. The second kappa shape index (κ2) is 6.21. The molecule has 94 valence electrons. The minimum Gasteiger partial charge on any atom is -0.467 e. The molecule has 4 heteroatoms. The van der Waals surface area contributed by atoms with Gasteiger partial charge in [0, 0.05) is 0 Å². The normalized spacial score (nSPS) is 11.8. The third-order valence-electron chi connectivity index (χ3n) is 2.65. The van der Waals surface area contributed by atoms with Gasteiger partial charge >= 0.3 is 0 Å². The quantitative estimate of drug-likeness (QED) is 0.829. The minimum absolute atomic E-state index is 0.183. The SMILES string of the molecule is C[C@H](NC(=S)NCc1ccco1)c1ccccc1. The summed E-state index contributed by atoms with van der Waals surface area (Å²) in [5.41, 5.74) is 1.21. The maximum Gasteiger partial charge on any atom is 0.167 e. The molecule has 2 aromatic rings. The van der Waals surface area contributed by atoms with Crippen molar-refractivity contribution >= 4 is 17.3 Å². The van der Waals surface area contributed by atoms with Crippen LogP contribution in [0.15, 0.2) is 53.1 Å². The second-order valence-electron chi connectivity index (χ2n) is 4.04. The van der Waals surface area contributed by atoms with Crippen molar-refractivity contribution in [2.75, 3.05) is 0 Å². The van der Waals surface area contributed by atoms with Crippen LogP contribution >= 0.6 is 12.2 Å². The first-order valence-electron chi connectivity index (χ1n) is 5.87. The van der Waals surface area contributed by atoms with Gasteiger partial charge in [-0.15, -0.1) is 0 Å². The van der Waals surface area contributed by atoms with E-state index in [1.54, 1.807) is 6.26 Å². The lowest BCUT2D eigenvalue weighted by Gasteiger charge is -2.16. The summed E-state index contributed by atoms with van der Waals surface area (Å²) >= 11 is 5.24. The third-order valence-corrected chi connectivity index (χ3v) is 2.91. The molecule has 0 saturated carbocycles. The Hall–Kier alpha value is -1.81. The predicted molar refractivity (Wildman–Crippen MR) is 76.1 cm³/mol. The highest BCUT2D eigenvalue weighted by atomic mass is 32.1. The first-order valence-corrected chi connectivity index (χ1v) is 6.28. The van der Waals surface area contributed by atoms with E-state index in [1.807, 2.05) is 30.3 Å². The summed E-state index contributed by atoms with van der Waals surface area (Å²) in [4.78, 5) is 0. The van der Waals surface area contributed by atoms with Crippen LogP contribution in [0.4, 0.5) is 0 Å². The van der Waals surface area contributed by atoms with Crippen molar-refractivity contribution in [1.29, 1.82) is 0 Å². The highest BCUT2D eigenvalue weighted by molar-refractivity contribution is 7.80. The highest BCUT2D eigenvalue weighted by Gasteiger charge is 2.06. The van der Waals surface area contributed by atoms with Crippen molar-refractivity contribution in [3.63, 3.8) is 0 Å². The average Bonchev–Trinajstić information content (AvgIpc) is 2.90. The molecule has 0 aliphatic heterocycles. The standard InChI is InChI=1S/C14H16N2OS/c1-11(12-6-3-2-4-7-12)16-14(18)15-10-13-8-5-9-17-13/h2-9,11H,10H2,1H3,(H2,15,16,18)/t11-/m0/s1. The maximum atomic E-state index is 5.24. The van der Waals surface area contributed by atoms with E-state index in [4.69, 9.17) is 16.6 Å². The molecule has 3 nitrogen and oxygen atoms in total. The molecule has 2 N–H and O–H groups in total. The van der Waals surface area contributed by atoms with Crippen LogP contribution in [-0.4, -0.2) is 5.11 Å². The smallest absolute Gasteiger partial charge is 0.167 e. The van der Waals surface area contributed by atoms with E-state index in [1.165, 1.54) is 5.56 Å². The molecule has 0 fully saturated rings. The summed E-state index contributed by atoms with van der Waals surface area (Å²) in [5.74, 6) is 0.867. The zero-order valence-corrected chi connectivity index (χ0v) is 11.0. The van der Waals surface area contributed by atoms with Crippen molar-refractivity contribution in [3.8, 4) is 0 Å². The van der Waals surface area contributed by atoms with Crippen molar-refractivity contribution in [2.24, 2.45) is 0 Å². The molecule has 0 bridgehead atoms. The lowest BCUT2D eigenvalue weighted by atomic mass is 10.1. The molecule has 1 heterocycles. The van der Waals surface area contributed by atoms with E-state index in [9.17, 15) is 0 Å². The fourth-order valence-corrected chi connectivity index (χ4v) is 1.90. The highest BCUT2D eigenvalue weighted by Crippen LogP contribution is 2.10. The lowest BCUT2D eigenvalue weighted by molar-refractivity contribution is 0.501. The van der Waals surface area contributed by atoms with Crippen molar-refractivity contribution < 1.29 is 4.42 Å². The first kappa shape index (κ1) is 12.6. The molecule has 2 rings (SSSR count). The molecule has 1 aromatic carbocycles. The zero-order valence-electron chi connectivity index (χ0n) is 10.2. The molecular weight excluding hydrogens is 244 g/mol. The molecule has 1 atom stereocenters. The Bertz CT molecular complexity index is 482. The van der Waals surface area contributed by atoms with Crippen LogP contribution in [0.5, 0.6) is 0 Å². The number of rotatable bonds is 4. The van der Waals surface area contributed by atoms with Crippen molar-refractivity contribution in [2.45, 2.75) is 19.5 Å². The van der Waals surface area contributed by atoms with Gasteiger partial charge in [-0.1, -0.05) is 30.3 Å². The van der Waals surface area contributed by atoms with Gasteiger partial charge in [-0.2, -0.15) is 0 Å². The maximum absolute atomic E-state index is 5.24. The van der Waals surface area contributed by atoms with Gasteiger partial charge in [0.05, 0.1) is 18.8 Å². The van der Waals surface area contributed by atoms with Gasteiger partial charge in [0.25, 0.3) is 0 Å². The van der Waals surface area contributed by atoms with E-state index in [2.05, 4.69) is 29.7 Å². The monoisotopic (exact) mass is 260 g/mol. The third kappa shape index (κ3) is 3.60. The summed E-state index contributed by atoms with van der Waals surface area (Å²) in [6.07, 6.45) is 1.65. The Morgan fingerprint density at radius 2 is 2.00 bits per heavy atom. The van der Waals surface area contributed by atoms with Crippen molar-refractivity contribution in [3.05, 3.63) is 60.1 Å². The van der Waals surface area contributed by atoms with Gasteiger partial charge in [-0.25, -0.2) is 0 Å². The molecule has 1 aromatic heterocycles. The lowest BCUT2D eigenvalue weighted by Crippen LogP contribution is -2.36. The number of nitrogens with one attached hydrogen (secondary N) is 2. The van der Waals surface area contributed by atoms with Gasteiger partial charge in [0.2, 0.25) is 0 Å². The number of hydrogen-bond donors (Lipinski definition) is 2. The van der Waals surface area contributed by atoms with E-state index < -0.39 is 0 Å². The Labute approximate surface area is 112 Å². The molecule has 0 amide bonds. The van der Waals surface area contributed by atoms with Crippen LogP contribution < -0.4 is 10.6 Å². The van der Waals surface area contributed by atoms with Gasteiger partial charge in [-0.05, 0) is 36.8 Å². The molecule has 0 aliphatic carbocycles. The predicted octanol–water partition coefficient (Wildman–Crippen LogP) is 3.00. The molecule has 0 spiro atoms. The van der Waals surface area contributed by atoms with Crippen LogP contribution in [0.2, 0.25) is 0 Å². The molecule has 0 aliphatic rings. The fourth-order valence-electron chi connectivity index (χ4n) is 1.65. The first-order chi connectivity index (χ1) is 8.75. The Morgan fingerprint density at radius 1 is 1.22 bits per heavy atom. The number of furan rings is 1. The Balaban J connectivity index is 1.80. The van der Waals surface area contributed by atoms with Gasteiger partial charge in [0.15, 0.2) is 5.11 Å². The molecule has 0 radical (unpaired) electrons. The summed E-state index contributed by atoms with van der Waals surface area (Å²) in [7, 11) is 0. The van der Waals surface area contributed by atoms with E-state index in [0.717, 1.165) is 5.76 Å². The summed E-state index contributed by atoms with van der Waals surface area (Å²) in [6, 6.07) is 14.2. The summed E-state index contributed by atoms with van der Waals surface area (Å²) in [5, 5.41) is 6.98. The molecule has 0 unspecified atom stereocenters. The van der Waals surface area contributed by atoms with Crippen LogP contribution in [0.25, 0.3) is 0 Å². The number of thiocarbonyl (C=S) groups is 1. The van der Waals surface area contributed by atoms with Gasteiger partial charge in [0.1, 0.15) is 5.76 Å². The Morgan fingerprint density at radius 3 is 2.67 bits per heavy atom. The summed E-state index contributed by atoms with van der Waals surface area (Å²) in [6.45, 7) is 2.68. The van der Waals surface area contributed by atoms with Crippen LogP contribution in [0.1, 0.15) is 24.3 Å². The number of benzene rings is 1. The molecular formula is C14H16N2OS. The zero-order chi connectivity index (χ0) is 12.8. The van der Waals surface area contributed by atoms with Crippen LogP contribution in [-0.2, 0) is 6.54 Å². The van der Waals surface area contributed by atoms with E-state index in [-0.39, 0.29) is 6.04 Å². The van der Waals surface area contributed by atoms with Crippen molar-refractivity contribution in [1.82, 2.24) is 10.6 Å². The second-order valence-corrected chi connectivity index (χ2v) is 4.45. The van der Waals surface area contributed by atoms with Gasteiger partial charge < -0.3 is 15.1 Å². The summed E-state index contributed by atoms with van der Waals surface area (Å²) < 4.78 is 5.22. The molecule has 18 heavy (non-hydrogen) atoms. The fraction of sp³-hybridized carbons (Fsp3) is 0.214. The molecule has 0 saturated heterocycles. The van der Waals surface area contributed by atoms with Crippen LogP contribution in [0, 0.1) is 0 Å². The van der Waals surface area contributed by atoms with Crippen LogP contribution in [0.3, 0.4) is 0 Å². The Kier molecular flexibility index (Phi) is 4.36. The number of hydrogen-bond acceptors (Lipinski definition) is 2. The van der Waals surface area contributed by atoms with E-state index >= 15 is 0 Å². The minimum atomic E-state index is 0.183. The topological polar surface area (TPSA) is 37.2 Å².